The number of benzene rings is 1. The van der Waals surface area contributed by atoms with Crippen molar-refractivity contribution < 1.29 is 31.5 Å². The summed E-state index contributed by atoms with van der Waals surface area (Å²) in [5.74, 6) is -2.07. The Bertz CT molecular complexity index is 602. The first kappa shape index (κ1) is 23.4. The molecule has 1 rings (SSSR count). The van der Waals surface area contributed by atoms with E-state index in [1.54, 1.807) is 0 Å². The van der Waals surface area contributed by atoms with Crippen LogP contribution in [0.5, 0.6) is 0 Å². The standard InChI is InChI=1S/C13H14F5N3O2S.ClH/c14-10(15)6-24-9-2-1-7(13(16,17)18)3-8(9)21-12(23)5-20-11(22)4-19;/h1-3,10H,4-6,19H2,(H,20,22)(H,21,23);1H. The van der Waals surface area contributed by atoms with Crippen molar-refractivity contribution in [1.82, 2.24) is 5.32 Å². The number of anilines is 1. The Balaban J connectivity index is 0.00000576. The number of rotatable bonds is 7. The number of amides is 2. The van der Waals surface area contributed by atoms with Crippen LogP contribution in [-0.4, -0.2) is 37.1 Å². The van der Waals surface area contributed by atoms with Gasteiger partial charge in [-0.1, -0.05) is 0 Å². The monoisotopic (exact) mass is 407 g/mol. The molecule has 1 aromatic rings. The topological polar surface area (TPSA) is 84.2 Å². The highest BCUT2D eigenvalue weighted by Gasteiger charge is 2.31. The molecule has 12 heteroatoms. The van der Waals surface area contributed by atoms with Crippen LogP contribution >= 0.6 is 24.2 Å². The number of thioether (sulfide) groups is 1. The molecule has 0 radical (unpaired) electrons. The van der Waals surface area contributed by atoms with Crippen molar-refractivity contribution in [2.45, 2.75) is 17.5 Å². The molecule has 4 N–H and O–H groups in total. The van der Waals surface area contributed by atoms with E-state index >= 15 is 0 Å². The Hall–Kier alpha value is -1.59. The molecule has 5 nitrogen and oxygen atoms in total. The Morgan fingerprint density at radius 1 is 1.20 bits per heavy atom. The molecule has 0 aromatic heterocycles. The summed E-state index contributed by atoms with van der Waals surface area (Å²) in [5.41, 5.74) is 3.73. The van der Waals surface area contributed by atoms with Gasteiger partial charge in [0.1, 0.15) is 0 Å². The van der Waals surface area contributed by atoms with Crippen LogP contribution in [-0.2, 0) is 15.8 Å². The van der Waals surface area contributed by atoms with E-state index in [-0.39, 0.29) is 29.5 Å². The van der Waals surface area contributed by atoms with Gasteiger partial charge in [0.05, 0.1) is 30.1 Å². The molecule has 0 fully saturated rings. The van der Waals surface area contributed by atoms with Crippen molar-refractivity contribution in [3.05, 3.63) is 23.8 Å². The number of nitrogens with one attached hydrogen (secondary N) is 2. The summed E-state index contributed by atoms with van der Waals surface area (Å²) in [6, 6.07) is 2.39. The highest BCUT2D eigenvalue weighted by atomic mass is 35.5. The normalized spacial score (nSPS) is 11.0. The van der Waals surface area contributed by atoms with Gasteiger partial charge in [-0.15, -0.1) is 24.2 Å². The van der Waals surface area contributed by atoms with Gasteiger partial charge in [-0.05, 0) is 18.2 Å². The van der Waals surface area contributed by atoms with Crippen LogP contribution in [0.4, 0.5) is 27.6 Å². The van der Waals surface area contributed by atoms with Gasteiger partial charge in [-0.25, -0.2) is 8.78 Å². The fourth-order valence-electron chi connectivity index (χ4n) is 1.53. The van der Waals surface area contributed by atoms with E-state index in [2.05, 4.69) is 10.6 Å². The highest BCUT2D eigenvalue weighted by Crippen LogP contribution is 2.36. The second kappa shape index (κ2) is 10.4. The summed E-state index contributed by atoms with van der Waals surface area (Å²) >= 11 is 0.606. The zero-order chi connectivity index (χ0) is 18.3. The molecule has 142 valence electrons. The number of hydrogen-bond donors (Lipinski definition) is 3. The van der Waals surface area contributed by atoms with Crippen molar-refractivity contribution in [2.24, 2.45) is 5.73 Å². The number of alkyl halides is 5. The molecule has 25 heavy (non-hydrogen) atoms. The summed E-state index contributed by atoms with van der Waals surface area (Å²) in [7, 11) is 0. The highest BCUT2D eigenvalue weighted by molar-refractivity contribution is 7.99. The summed E-state index contributed by atoms with van der Waals surface area (Å²) < 4.78 is 62.8. The minimum atomic E-state index is -4.65. The molecular formula is C13H15ClF5N3O2S. The third-order valence-electron chi connectivity index (χ3n) is 2.58. The van der Waals surface area contributed by atoms with E-state index < -0.39 is 42.3 Å². The van der Waals surface area contributed by atoms with Crippen LogP contribution in [0.15, 0.2) is 23.1 Å². The van der Waals surface area contributed by atoms with E-state index in [0.717, 1.165) is 12.1 Å². The van der Waals surface area contributed by atoms with Crippen LogP contribution in [0.2, 0.25) is 0 Å². The Morgan fingerprint density at radius 3 is 2.36 bits per heavy atom. The van der Waals surface area contributed by atoms with Crippen molar-refractivity contribution >= 4 is 41.7 Å². The van der Waals surface area contributed by atoms with Gasteiger partial charge in [0.2, 0.25) is 18.2 Å². The summed E-state index contributed by atoms with van der Waals surface area (Å²) in [4.78, 5) is 22.7. The van der Waals surface area contributed by atoms with E-state index in [9.17, 15) is 31.5 Å². The smallest absolute Gasteiger partial charge is 0.346 e. The van der Waals surface area contributed by atoms with Crippen LogP contribution in [0.3, 0.4) is 0 Å². The predicted octanol–water partition coefficient (Wildman–Crippen LogP) is 2.50. The minimum absolute atomic E-state index is 0. The van der Waals surface area contributed by atoms with Gasteiger partial charge >= 0.3 is 6.18 Å². The van der Waals surface area contributed by atoms with Crippen LogP contribution in [0.25, 0.3) is 0 Å². The van der Waals surface area contributed by atoms with E-state index in [1.165, 1.54) is 0 Å². The maximum absolute atomic E-state index is 12.7. The third-order valence-corrected chi connectivity index (χ3v) is 3.66. The number of carbonyl (C=O) groups is 2. The molecule has 0 aliphatic heterocycles. The van der Waals surface area contributed by atoms with Crippen molar-refractivity contribution in [3.63, 3.8) is 0 Å². The SMILES string of the molecule is Cl.NCC(=O)NCC(=O)Nc1cc(C(F)(F)F)ccc1SCC(F)F. The van der Waals surface area contributed by atoms with Gasteiger partial charge in [-0.3, -0.25) is 9.59 Å². The van der Waals surface area contributed by atoms with Crippen LogP contribution < -0.4 is 16.4 Å². The molecule has 0 atom stereocenters. The Labute approximate surface area is 150 Å². The van der Waals surface area contributed by atoms with Crippen molar-refractivity contribution in [3.8, 4) is 0 Å². The number of hydrogen-bond acceptors (Lipinski definition) is 4. The number of halogens is 6. The largest absolute Gasteiger partial charge is 0.416 e. The lowest BCUT2D eigenvalue weighted by Gasteiger charge is -2.14. The molecule has 0 aliphatic carbocycles. The summed E-state index contributed by atoms with van der Waals surface area (Å²) in [5, 5.41) is 4.31. The molecule has 0 spiro atoms. The van der Waals surface area contributed by atoms with Gasteiger partial charge in [-0.2, -0.15) is 13.2 Å². The quantitative estimate of drug-likeness (QED) is 0.479. The van der Waals surface area contributed by atoms with Crippen molar-refractivity contribution in [2.75, 3.05) is 24.2 Å². The van der Waals surface area contributed by atoms with Gasteiger partial charge in [0.25, 0.3) is 0 Å². The van der Waals surface area contributed by atoms with Crippen LogP contribution in [0, 0.1) is 0 Å². The molecule has 0 saturated heterocycles. The third kappa shape index (κ3) is 8.36. The summed E-state index contributed by atoms with van der Waals surface area (Å²) in [6.07, 6.45) is -7.32. The fraction of sp³-hybridized carbons (Fsp3) is 0.385. The lowest BCUT2D eigenvalue weighted by Crippen LogP contribution is -2.36. The van der Waals surface area contributed by atoms with Gasteiger partial charge in [0.15, 0.2) is 0 Å². The van der Waals surface area contributed by atoms with Gasteiger partial charge < -0.3 is 16.4 Å². The predicted molar refractivity (Wildman–Crippen MR) is 86.1 cm³/mol. The average molecular weight is 408 g/mol. The van der Waals surface area contributed by atoms with E-state index in [0.29, 0.717) is 17.8 Å². The second-order valence-corrected chi connectivity index (χ2v) is 5.50. The molecule has 0 heterocycles. The molecular weight excluding hydrogens is 393 g/mol. The first-order valence-corrected chi connectivity index (χ1v) is 7.51. The number of nitrogens with two attached hydrogens (primary N) is 1. The first-order valence-electron chi connectivity index (χ1n) is 6.52. The Morgan fingerprint density at radius 2 is 1.84 bits per heavy atom. The molecule has 0 aliphatic rings. The lowest BCUT2D eigenvalue weighted by atomic mass is 10.2. The van der Waals surface area contributed by atoms with E-state index in [4.69, 9.17) is 5.73 Å². The van der Waals surface area contributed by atoms with E-state index in [1.807, 2.05) is 0 Å². The lowest BCUT2D eigenvalue weighted by molar-refractivity contribution is -0.137. The number of carbonyl (C=O) groups excluding carboxylic acids is 2. The molecule has 1 aromatic carbocycles. The summed E-state index contributed by atoms with van der Waals surface area (Å²) in [6.45, 7) is -0.864. The molecule has 2 amide bonds. The molecule has 0 unspecified atom stereocenters. The fourth-order valence-corrected chi connectivity index (χ4v) is 2.26. The second-order valence-electron chi connectivity index (χ2n) is 4.44. The van der Waals surface area contributed by atoms with Crippen molar-refractivity contribution in [1.29, 1.82) is 0 Å². The van der Waals surface area contributed by atoms with Crippen LogP contribution in [0.1, 0.15) is 5.56 Å². The minimum Gasteiger partial charge on any atom is -0.346 e. The maximum atomic E-state index is 12.7. The average Bonchev–Trinajstić information content (AvgIpc) is 2.50. The van der Waals surface area contributed by atoms with Gasteiger partial charge in [0, 0.05) is 4.90 Å². The maximum Gasteiger partial charge on any atom is 0.416 e. The molecule has 0 bridgehead atoms. The zero-order valence-corrected chi connectivity index (χ0v) is 14.2. The first-order chi connectivity index (χ1) is 11.1. The zero-order valence-electron chi connectivity index (χ0n) is 12.5. The molecule has 0 saturated carbocycles. The Kier molecular flexibility index (Phi) is 9.75.